The van der Waals surface area contributed by atoms with Crippen molar-refractivity contribution in [1.29, 1.82) is 0 Å². The van der Waals surface area contributed by atoms with Gasteiger partial charge in [-0.1, -0.05) is 44.2 Å². The van der Waals surface area contributed by atoms with Crippen molar-refractivity contribution in [3.63, 3.8) is 0 Å². The molecule has 12 nitrogen and oxygen atoms in total. The summed E-state index contributed by atoms with van der Waals surface area (Å²) in [5.74, 6) is 1.01. The molecule has 314 valence electrons. The number of rotatable bonds is 7. The van der Waals surface area contributed by atoms with Gasteiger partial charge in [-0.3, -0.25) is 0 Å². The van der Waals surface area contributed by atoms with Crippen LogP contribution in [0, 0.1) is 28.6 Å². The van der Waals surface area contributed by atoms with Gasteiger partial charge in [-0.05, 0) is 102 Å². The second-order valence-electron chi connectivity index (χ2n) is 19.3. The maximum Gasteiger partial charge on any atom is 0.184 e. The zero-order chi connectivity index (χ0) is 39.1. The highest BCUT2D eigenvalue weighted by molar-refractivity contribution is 5.18. The largest absolute Gasteiger partial charge is 0.392 e. The number of hydrogen-bond donors (Lipinski definition) is 4. The van der Waals surface area contributed by atoms with E-state index in [0.717, 1.165) is 63.4 Å². The van der Waals surface area contributed by atoms with E-state index in [4.69, 9.17) is 37.9 Å². The average molecular weight is 787 g/mol. The lowest BCUT2D eigenvalue weighted by Crippen LogP contribution is -2.65. The Kier molecular flexibility index (Phi) is 11.0. The van der Waals surface area contributed by atoms with Crippen LogP contribution in [0.25, 0.3) is 0 Å². The van der Waals surface area contributed by atoms with Gasteiger partial charge in [0, 0.05) is 30.2 Å². The first kappa shape index (κ1) is 40.2. The van der Waals surface area contributed by atoms with Gasteiger partial charge >= 0.3 is 0 Å². The van der Waals surface area contributed by atoms with Crippen LogP contribution in [0.4, 0.5) is 0 Å². The number of aliphatic hydroxyl groups is 4. The van der Waals surface area contributed by atoms with E-state index in [0.29, 0.717) is 18.3 Å². The Hall–Kier alpha value is -1.26. The molecule has 0 bridgehead atoms. The molecule has 0 amide bonds. The SMILES string of the molecule is CC1O[C@@H](O[C@H]2CC[C@@]3(C)[C@H](CC[C@@H]4[C@@H]3C[C@@H](O)[C@]3(C)CCC[C@]43O)C2)C[C@@H](O)C1O[C@@H]1C[C@@H](O)C(O[C@H]2C[C@H]3OC(c4ccccc4)OC3C(C)O2)C(C)O1. The van der Waals surface area contributed by atoms with Crippen LogP contribution in [-0.2, 0) is 37.9 Å². The zero-order valence-corrected chi connectivity index (χ0v) is 33.8. The van der Waals surface area contributed by atoms with E-state index in [9.17, 15) is 20.4 Å². The monoisotopic (exact) mass is 786 g/mol. The molecule has 9 rings (SSSR count). The molecule has 4 saturated carbocycles. The maximum atomic E-state index is 12.1. The molecule has 0 spiro atoms. The van der Waals surface area contributed by atoms with E-state index in [1.165, 1.54) is 0 Å². The summed E-state index contributed by atoms with van der Waals surface area (Å²) < 4.78 is 50.5. The molecule has 4 aliphatic heterocycles. The van der Waals surface area contributed by atoms with Crippen molar-refractivity contribution in [3.8, 4) is 0 Å². The van der Waals surface area contributed by atoms with Crippen molar-refractivity contribution in [3.05, 3.63) is 35.9 Å². The number of fused-ring (bicyclic) bond motifs is 6. The van der Waals surface area contributed by atoms with Gasteiger partial charge < -0.3 is 58.3 Å². The summed E-state index contributed by atoms with van der Waals surface area (Å²) in [6, 6.07) is 9.86. The fraction of sp³-hybridized carbons (Fsp3) is 0.864. The summed E-state index contributed by atoms with van der Waals surface area (Å²) in [6.07, 6.45) is 1.87. The van der Waals surface area contributed by atoms with Gasteiger partial charge in [-0.25, -0.2) is 0 Å². The molecule has 1 aromatic carbocycles. The highest BCUT2D eigenvalue weighted by Gasteiger charge is 2.67. The molecule has 4 saturated heterocycles. The Morgan fingerprint density at radius 1 is 0.643 bits per heavy atom. The summed E-state index contributed by atoms with van der Waals surface area (Å²) >= 11 is 0. The summed E-state index contributed by atoms with van der Waals surface area (Å²) in [5, 5.41) is 46.1. The van der Waals surface area contributed by atoms with Crippen LogP contribution < -0.4 is 0 Å². The summed E-state index contributed by atoms with van der Waals surface area (Å²) in [6.45, 7) is 10.2. The minimum Gasteiger partial charge on any atom is -0.392 e. The first-order valence-electron chi connectivity index (χ1n) is 21.8. The number of ether oxygens (including phenoxy) is 8. The normalized spacial score (nSPS) is 54.4. The first-order chi connectivity index (χ1) is 26.8. The summed E-state index contributed by atoms with van der Waals surface area (Å²) in [5.41, 5.74) is -0.142. The minimum absolute atomic E-state index is 0.0227. The predicted molar refractivity (Wildman–Crippen MR) is 202 cm³/mol. The third-order valence-corrected chi connectivity index (χ3v) is 16.2. The standard InChI is InChI=1S/C44H66O12/c1-23-38(54-36-21-32(46)39(24(2)50-36)55-37-22-33-40(25(3)51-37)56-41(53-33)26-10-7-6-8-11-26)31(45)20-35(49-23)52-28-14-17-42(4)27(18-28)12-13-29-30(42)19-34(47)43(5)15-9-16-44(29,43)48/h6-8,10-11,23-25,27-41,45-48H,9,12-22H2,1-5H3/t23?,24?,25?,27-,28+,29-,30+,31-,32-,33-,34-,35+,36-,37+,38?,39?,40?,41?,42+,43+,44+/m1/s1. The highest BCUT2D eigenvalue weighted by atomic mass is 16.8. The maximum absolute atomic E-state index is 12.1. The van der Waals surface area contributed by atoms with Crippen LogP contribution in [0.5, 0.6) is 0 Å². The third kappa shape index (κ3) is 6.93. The quantitative estimate of drug-likeness (QED) is 0.267. The molecule has 4 N–H and O–H groups in total. The molecule has 0 radical (unpaired) electrons. The third-order valence-electron chi connectivity index (χ3n) is 16.2. The molecule has 12 heteroatoms. The van der Waals surface area contributed by atoms with Crippen LogP contribution in [0.2, 0.25) is 0 Å². The van der Waals surface area contributed by atoms with Crippen molar-refractivity contribution in [2.75, 3.05) is 0 Å². The fourth-order valence-electron chi connectivity index (χ4n) is 13.0. The van der Waals surface area contributed by atoms with Crippen molar-refractivity contribution in [2.45, 2.75) is 210 Å². The lowest BCUT2D eigenvalue weighted by atomic mass is 9.43. The Morgan fingerprint density at radius 2 is 1.29 bits per heavy atom. The van der Waals surface area contributed by atoms with Gasteiger partial charge in [0.25, 0.3) is 0 Å². The molecule has 56 heavy (non-hydrogen) atoms. The molecular weight excluding hydrogens is 720 g/mol. The van der Waals surface area contributed by atoms with E-state index in [2.05, 4.69) is 13.8 Å². The zero-order valence-electron chi connectivity index (χ0n) is 33.8. The second kappa shape index (κ2) is 15.3. The van der Waals surface area contributed by atoms with Crippen LogP contribution in [0.3, 0.4) is 0 Å². The highest BCUT2D eigenvalue weighted by Crippen LogP contribution is 2.68. The van der Waals surface area contributed by atoms with Gasteiger partial charge in [0.15, 0.2) is 25.2 Å². The van der Waals surface area contributed by atoms with Gasteiger partial charge in [0.1, 0.15) is 18.3 Å². The smallest absolute Gasteiger partial charge is 0.184 e. The Morgan fingerprint density at radius 3 is 1.96 bits per heavy atom. The van der Waals surface area contributed by atoms with E-state index in [1.807, 2.05) is 51.1 Å². The minimum atomic E-state index is -0.874. The van der Waals surface area contributed by atoms with Gasteiger partial charge in [0.2, 0.25) is 0 Å². The Balaban J connectivity index is 0.747. The van der Waals surface area contributed by atoms with E-state index in [1.54, 1.807) is 0 Å². The number of aliphatic hydroxyl groups excluding tert-OH is 3. The lowest BCUT2D eigenvalue weighted by Gasteiger charge is -2.64. The topological polar surface area (TPSA) is 155 Å². The van der Waals surface area contributed by atoms with Crippen LogP contribution >= 0.6 is 0 Å². The number of benzene rings is 1. The van der Waals surface area contributed by atoms with Gasteiger partial charge in [-0.2, -0.15) is 0 Å². The fourth-order valence-corrected chi connectivity index (χ4v) is 13.0. The Labute approximate surface area is 331 Å². The molecule has 7 unspecified atom stereocenters. The van der Waals surface area contributed by atoms with E-state index in [-0.39, 0.29) is 48.6 Å². The van der Waals surface area contributed by atoms with Crippen molar-refractivity contribution in [2.24, 2.45) is 28.6 Å². The Bertz CT molecular complexity index is 1490. The average Bonchev–Trinajstić information content (AvgIpc) is 3.74. The van der Waals surface area contributed by atoms with Crippen molar-refractivity contribution in [1.82, 2.24) is 0 Å². The summed E-state index contributed by atoms with van der Waals surface area (Å²) in [7, 11) is 0. The van der Waals surface area contributed by atoms with E-state index >= 15 is 0 Å². The number of hydrogen-bond acceptors (Lipinski definition) is 12. The predicted octanol–water partition coefficient (Wildman–Crippen LogP) is 5.27. The molecule has 8 fully saturated rings. The molecule has 21 atom stereocenters. The van der Waals surface area contributed by atoms with Crippen molar-refractivity contribution < 1.29 is 58.3 Å². The first-order valence-corrected chi connectivity index (χ1v) is 21.8. The molecule has 4 aliphatic carbocycles. The van der Waals surface area contributed by atoms with Gasteiger partial charge in [0.05, 0.1) is 54.4 Å². The lowest BCUT2D eigenvalue weighted by molar-refractivity contribution is -0.334. The molecular formula is C44H66O12. The van der Waals surface area contributed by atoms with E-state index < -0.39 is 78.9 Å². The van der Waals surface area contributed by atoms with Crippen LogP contribution in [0.15, 0.2) is 30.3 Å². The van der Waals surface area contributed by atoms with Crippen LogP contribution in [0.1, 0.15) is 124 Å². The second-order valence-corrected chi connectivity index (χ2v) is 19.3. The van der Waals surface area contributed by atoms with Crippen LogP contribution in [-0.4, -0.2) is 112 Å². The molecule has 0 aromatic heterocycles. The van der Waals surface area contributed by atoms with Crippen molar-refractivity contribution >= 4 is 0 Å². The van der Waals surface area contributed by atoms with Gasteiger partial charge in [-0.15, -0.1) is 0 Å². The summed E-state index contributed by atoms with van der Waals surface area (Å²) in [4.78, 5) is 0. The molecule has 1 aromatic rings. The molecule has 8 aliphatic rings. The molecule has 4 heterocycles.